The number of hydrogen-bond donors (Lipinski definition) is 1. The monoisotopic (exact) mass is 416 g/mol. The Morgan fingerprint density at radius 1 is 1.07 bits per heavy atom. The van der Waals surface area contributed by atoms with Crippen LogP contribution >= 0.6 is 0 Å². The molecule has 1 saturated heterocycles. The number of fused-ring (bicyclic) bond motifs is 1. The summed E-state index contributed by atoms with van der Waals surface area (Å²) in [5.41, 5.74) is 2.80. The first-order valence-corrected chi connectivity index (χ1v) is 12.0. The van der Waals surface area contributed by atoms with Gasteiger partial charge in [0.2, 0.25) is 10.0 Å². The van der Waals surface area contributed by atoms with E-state index in [4.69, 9.17) is 4.74 Å². The van der Waals surface area contributed by atoms with Gasteiger partial charge in [-0.25, -0.2) is 8.42 Å². The number of ether oxygens (including phenoxy) is 1. The molecule has 0 bridgehead atoms. The van der Waals surface area contributed by atoms with Gasteiger partial charge in [0.15, 0.2) is 0 Å². The minimum Gasteiger partial charge on any atom is -0.508 e. The van der Waals surface area contributed by atoms with Gasteiger partial charge in [-0.05, 0) is 73.3 Å². The van der Waals surface area contributed by atoms with Gasteiger partial charge in [-0.15, -0.1) is 0 Å². The molecule has 2 heterocycles. The van der Waals surface area contributed by atoms with Crippen LogP contribution in [0.2, 0.25) is 0 Å². The molecule has 0 amide bonds. The molecule has 6 nitrogen and oxygen atoms in total. The molecule has 1 unspecified atom stereocenters. The summed E-state index contributed by atoms with van der Waals surface area (Å²) in [6, 6.07) is 12.5. The van der Waals surface area contributed by atoms with Crippen molar-refractivity contribution >= 4 is 10.0 Å². The van der Waals surface area contributed by atoms with Crippen molar-refractivity contribution in [2.45, 2.75) is 25.3 Å². The van der Waals surface area contributed by atoms with E-state index in [-0.39, 0.29) is 5.75 Å². The summed E-state index contributed by atoms with van der Waals surface area (Å²) in [7, 11) is -3.38. The van der Waals surface area contributed by atoms with Gasteiger partial charge < -0.3 is 9.84 Å². The lowest BCUT2D eigenvalue weighted by atomic mass is 9.89. The van der Waals surface area contributed by atoms with Crippen LogP contribution in [0.15, 0.2) is 42.5 Å². The van der Waals surface area contributed by atoms with Gasteiger partial charge in [-0.2, -0.15) is 4.31 Å². The molecule has 4 rings (SSSR count). The molecular formula is C22H28N2O4S. The SMILES string of the molecule is CS(=O)(=O)N1CCc2cc(O)ccc2C1c1ccc(OCCN2CCCC2)cc1. The van der Waals surface area contributed by atoms with E-state index in [2.05, 4.69) is 4.90 Å². The second kappa shape index (κ2) is 8.34. The number of rotatable bonds is 6. The molecular weight excluding hydrogens is 388 g/mol. The zero-order valence-corrected chi connectivity index (χ0v) is 17.6. The van der Waals surface area contributed by atoms with Crippen LogP contribution in [-0.2, 0) is 16.4 Å². The van der Waals surface area contributed by atoms with Gasteiger partial charge in [0.1, 0.15) is 18.1 Å². The fourth-order valence-electron chi connectivity index (χ4n) is 4.34. The lowest BCUT2D eigenvalue weighted by molar-refractivity contribution is 0.237. The maximum Gasteiger partial charge on any atom is 0.212 e. The maximum atomic E-state index is 12.4. The van der Waals surface area contributed by atoms with Crippen molar-refractivity contribution in [1.29, 1.82) is 0 Å². The van der Waals surface area contributed by atoms with Crippen molar-refractivity contribution in [3.8, 4) is 11.5 Å². The first kappa shape index (κ1) is 20.2. The Hall–Kier alpha value is -2.09. The van der Waals surface area contributed by atoms with Crippen molar-refractivity contribution in [3.05, 3.63) is 59.2 Å². The fourth-order valence-corrected chi connectivity index (χ4v) is 5.38. The van der Waals surface area contributed by atoms with Crippen molar-refractivity contribution in [2.24, 2.45) is 0 Å². The van der Waals surface area contributed by atoms with Crippen molar-refractivity contribution in [3.63, 3.8) is 0 Å². The number of nitrogens with zero attached hydrogens (tertiary/aromatic N) is 2. The van der Waals surface area contributed by atoms with Crippen LogP contribution in [0.5, 0.6) is 11.5 Å². The van der Waals surface area contributed by atoms with Crippen LogP contribution < -0.4 is 4.74 Å². The van der Waals surface area contributed by atoms with Gasteiger partial charge in [-0.1, -0.05) is 18.2 Å². The topological polar surface area (TPSA) is 70.1 Å². The summed E-state index contributed by atoms with van der Waals surface area (Å²) in [4.78, 5) is 2.41. The molecule has 0 spiro atoms. The average molecular weight is 417 g/mol. The molecule has 29 heavy (non-hydrogen) atoms. The van der Waals surface area contributed by atoms with E-state index in [0.717, 1.165) is 42.1 Å². The highest BCUT2D eigenvalue weighted by molar-refractivity contribution is 7.88. The smallest absolute Gasteiger partial charge is 0.212 e. The molecule has 0 aromatic heterocycles. The number of likely N-dealkylation sites (tertiary alicyclic amines) is 1. The zero-order valence-electron chi connectivity index (χ0n) is 16.8. The number of phenols is 1. The van der Waals surface area contributed by atoms with Crippen LogP contribution in [0.25, 0.3) is 0 Å². The molecule has 2 aliphatic rings. The van der Waals surface area contributed by atoms with E-state index >= 15 is 0 Å². The zero-order chi connectivity index (χ0) is 20.4. The molecule has 1 fully saturated rings. The number of phenolic OH excluding ortho intramolecular Hbond substituents is 1. The van der Waals surface area contributed by atoms with Crippen LogP contribution in [0.3, 0.4) is 0 Å². The van der Waals surface area contributed by atoms with Crippen LogP contribution in [0.4, 0.5) is 0 Å². The first-order chi connectivity index (χ1) is 13.9. The summed E-state index contributed by atoms with van der Waals surface area (Å²) in [5, 5.41) is 9.82. The number of aromatic hydroxyl groups is 1. The summed E-state index contributed by atoms with van der Waals surface area (Å²) in [6.45, 7) is 4.29. The molecule has 2 aliphatic heterocycles. The predicted octanol–water partition coefficient (Wildman–Crippen LogP) is 2.77. The second-order valence-electron chi connectivity index (χ2n) is 7.88. The maximum absolute atomic E-state index is 12.4. The Morgan fingerprint density at radius 2 is 1.79 bits per heavy atom. The third-order valence-corrected chi connectivity index (χ3v) is 7.05. The Balaban J connectivity index is 1.54. The van der Waals surface area contributed by atoms with E-state index in [1.165, 1.54) is 23.4 Å². The standard InChI is InChI=1S/C22H28N2O4S/c1-29(26,27)24-13-10-18-16-19(25)6-9-21(18)22(24)17-4-7-20(8-5-17)28-15-14-23-11-2-3-12-23/h4-9,16,22,25H,2-3,10-15H2,1H3. The molecule has 156 valence electrons. The molecule has 1 atom stereocenters. The third-order valence-electron chi connectivity index (χ3n) is 5.81. The summed E-state index contributed by atoms with van der Waals surface area (Å²) in [6.07, 6.45) is 4.38. The lowest BCUT2D eigenvalue weighted by Crippen LogP contribution is -2.39. The molecule has 2 aromatic carbocycles. The average Bonchev–Trinajstić information content (AvgIpc) is 3.20. The highest BCUT2D eigenvalue weighted by Crippen LogP contribution is 2.38. The molecule has 0 aliphatic carbocycles. The molecule has 0 saturated carbocycles. The van der Waals surface area contributed by atoms with E-state index in [1.54, 1.807) is 12.1 Å². The van der Waals surface area contributed by atoms with Crippen molar-refractivity contribution < 1.29 is 18.3 Å². The van der Waals surface area contributed by atoms with Gasteiger partial charge in [-0.3, -0.25) is 4.90 Å². The Morgan fingerprint density at radius 3 is 2.48 bits per heavy atom. The van der Waals surface area contributed by atoms with Crippen molar-refractivity contribution in [1.82, 2.24) is 9.21 Å². The van der Waals surface area contributed by atoms with Crippen LogP contribution in [-0.4, -0.2) is 61.8 Å². The Labute approximate surface area is 172 Å². The molecule has 2 aromatic rings. The summed E-state index contributed by atoms with van der Waals surface area (Å²) >= 11 is 0. The lowest BCUT2D eigenvalue weighted by Gasteiger charge is -2.36. The van der Waals surface area contributed by atoms with Gasteiger partial charge in [0.25, 0.3) is 0 Å². The summed E-state index contributed by atoms with van der Waals surface area (Å²) < 4.78 is 32.3. The second-order valence-corrected chi connectivity index (χ2v) is 9.81. The minimum absolute atomic E-state index is 0.206. The summed E-state index contributed by atoms with van der Waals surface area (Å²) in [5.74, 6) is 0.998. The van der Waals surface area contributed by atoms with Gasteiger partial charge in [0.05, 0.1) is 12.3 Å². The number of hydrogen-bond acceptors (Lipinski definition) is 5. The van der Waals surface area contributed by atoms with Crippen LogP contribution in [0.1, 0.15) is 35.6 Å². The molecule has 7 heteroatoms. The van der Waals surface area contributed by atoms with E-state index < -0.39 is 16.1 Å². The highest BCUT2D eigenvalue weighted by atomic mass is 32.2. The van der Waals surface area contributed by atoms with Crippen molar-refractivity contribution in [2.75, 3.05) is 39.0 Å². The normalized spacial score (nSPS) is 20.5. The highest BCUT2D eigenvalue weighted by Gasteiger charge is 2.34. The molecule has 1 N–H and O–H groups in total. The Bertz CT molecular complexity index is 953. The predicted molar refractivity (Wildman–Crippen MR) is 113 cm³/mol. The van der Waals surface area contributed by atoms with E-state index in [0.29, 0.717) is 19.6 Å². The number of sulfonamides is 1. The van der Waals surface area contributed by atoms with E-state index in [9.17, 15) is 13.5 Å². The third kappa shape index (κ3) is 4.57. The quantitative estimate of drug-likeness (QED) is 0.784. The fraction of sp³-hybridized carbons (Fsp3) is 0.455. The van der Waals surface area contributed by atoms with E-state index in [1.807, 2.05) is 30.3 Å². The van der Waals surface area contributed by atoms with Gasteiger partial charge >= 0.3 is 0 Å². The first-order valence-electron chi connectivity index (χ1n) is 10.2. The minimum atomic E-state index is -3.38. The Kier molecular flexibility index (Phi) is 5.81. The van der Waals surface area contributed by atoms with Gasteiger partial charge in [0, 0.05) is 13.1 Å². The number of benzene rings is 2. The molecule has 0 radical (unpaired) electrons. The van der Waals surface area contributed by atoms with Crippen LogP contribution in [0, 0.1) is 0 Å². The largest absolute Gasteiger partial charge is 0.508 e.